The Hall–Kier alpha value is -4.21. The number of nitrogens with zero attached hydrogens (tertiary/aromatic N) is 4. The molecular weight excluding hydrogens is 450 g/mol. The van der Waals surface area contributed by atoms with Gasteiger partial charge in [0, 0.05) is 12.5 Å². The minimum atomic E-state index is -0.998. The van der Waals surface area contributed by atoms with Crippen LogP contribution in [0.4, 0.5) is 4.79 Å². The van der Waals surface area contributed by atoms with Crippen molar-refractivity contribution in [3.63, 3.8) is 0 Å². The van der Waals surface area contributed by atoms with Gasteiger partial charge in [0.2, 0.25) is 5.91 Å². The molecule has 1 aliphatic heterocycles. The van der Waals surface area contributed by atoms with Crippen LogP contribution in [0.25, 0.3) is 11.1 Å². The third-order valence-electron chi connectivity index (χ3n) is 6.50. The summed E-state index contributed by atoms with van der Waals surface area (Å²) in [4.78, 5) is 37.5. The normalized spacial score (nSPS) is 16.6. The molecule has 0 radical (unpaired) electrons. The van der Waals surface area contributed by atoms with Crippen molar-refractivity contribution in [3.8, 4) is 11.1 Å². The number of likely N-dealkylation sites (tertiary alicyclic amines) is 1. The molecule has 35 heavy (non-hydrogen) atoms. The van der Waals surface area contributed by atoms with Crippen LogP contribution in [0.5, 0.6) is 0 Å². The predicted molar refractivity (Wildman–Crippen MR) is 124 cm³/mol. The summed E-state index contributed by atoms with van der Waals surface area (Å²) in [6.07, 6.45) is 2.09. The van der Waals surface area contributed by atoms with E-state index in [4.69, 9.17) is 4.74 Å². The molecule has 1 saturated heterocycles. The maximum atomic E-state index is 12.5. The van der Waals surface area contributed by atoms with Crippen LogP contribution in [0.15, 0.2) is 54.7 Å². The number of nitrogens with one attached hydrogen (secondary N) is 1. The van der Waals surface area contributed by atoms with E-state index in [0.717, 1.165) is 22.3 Å². The van der Waals surface area contributed by atoms with Crippen LogP contribution in [-0.2, 0) is 27.4 Å². The van der Waals surface area contributed by atoms with Gasteiger partial charge in [-0.25, -0.2) is 14.3 Å². The minimum absolute atomic E-state index is 0.0275. The molecule has 0 saturated carbocycles. The van der Waals surface area contributed by atoms with Gasteiger partial charge >= 0.3 is 12.1 Å². The molecule has 180 valence electrons. The molecule has 2 heterocycles. The lowest BCUT2D eigenvalue weighted by atomic mass is 9.98. The first kappa shape index (κ1) is 22.6. The molecule has 1 aromatic heterocycles. The fourth-order valence-electron chi connectivity index (χ4n) is 4.86. The summed E-state index contributed by atoms with van der Waals surface area (Å²) >= 11 is 0. The summed E-state index contributed by atoms with van der Waals surface area (Å²) in [6.45, 7) is 0.608. The van der Waals surface area contributed by atoms with Crippen LogP contribution in [0.2, 0.25) is 0 Å². The van der Waals surface area contributed by atoms with E-state index in [1.807, 2.05) is 24.3 Å². The molecule has 10 nitrogen and oxygen atoms in total. The Morgan fingerprint density at radius 1 is 1.06 bits per heavy atom. The molecule has 1 atom stereocenters. The fraction of sp³-hybridized carbons (Fsp3) is 0.320. The third-order valence-corrected chi connectivity index (χ3v) is 6.50. The Kier molecular flexibility index (Phi) is 6.17. The number of ether oxygens (including phenoxy) is 1. The van der Waals surface area contributed by atoms with Gasteiger partial charge in [-0.2, -0.15) is 0 Å². The van der Waals surface area contributed by atoms with Crippen LogP contribution in [0.3, 0.4) is 0 Å². The highest BCUT2D eigenvalue weighted by atomic mass is 16.5. The number of hydrogen-bond donors (Lipinski definition) is 2. The largest absolute Gasteiger partial charge is 0.480 e. The van der Waals surface area contributed by atoms with Gasteiger partial charge in [0.1, 0.15) is 24.9 Å². The van der Waals surface area contributed by atoms with Crippen molar-refractivity contribution in [2.24, 2.45) is 0 Å². The Bertz CT molecular complexity index is 1230. The molecule has 2 aliphatic rings. The lowest BCUT2D eigenvalue weighted by Crippen LogP contribution is -2.42. The molecule has 2 N–H and O–H groups in total. The van der Waals surface area contributed by atoms with E-state index in [2.05, 4.69) is 39.9 Å². The van der Waals surface area contributed by atoms with E-state index in [1.54, 1.807) is 6.20 Å². The summed E-state index contributed by atoms with van der Waals surface area (Å²) in [5, 5.41) is 19.8. The predicted octanol–water partition coefficient (Wildman–Crippen LogP) is 2.39. The number of carbonyl (C=O) groups excluding carboxylic acids is 2. The van der Waals surface area contributed by atoms with Crippen molar-refractivity contribution in [1.82, 2.24) is 25.2 Å². The fourth-order valence-corrected chi connectivity index (χ4v) is 4.86. The summed E-state index contributed by atoms with van der Waals surface area (Å²) in [5.41, 5.74) is 5.05. The number of fused-ring (bicyclic) bond motifs is 3. The van der Waals surface area contributed by atoms with Crippen molar-refractivity contribution in [2.75, 3.05) is 13.2 Å². The van der Waals surface area contributed by atoms with Crippen LogP contribution < -0.4 is 5.32 Å². The number of aromatic nitrogens is 3. The molecule has 0 spiro atoms. The second kappa shape index (κ2) is 9.57. The molecule has 10 heteroatoms. The van der Waals surface area contributed by atoms with E-state index in [0.29, 0.717) is 25.1 Å². The van der Waals surface area contributed by atoms with Crippen LogP contribution in [0, 0.1) is 0 Å². The van der Waals surface area contributed by atoms with Gasteiger partial charge in [-0.15, -0.1) is 5.10 Å². The van der Waals surface area contributed by atoms with Gasteiger partial charge in [-0.1, -0.05) is 53.7 Å². The summed E-state index contributed by atoms with van der Waals surface area (Å²) < 4.78 is 6.85. The molecule has 0 bridgehead atoms. The Labute approximate surface area is 201 Å². The Morgan fingerprint density at radius 3 is 2.43 bits per heavy atom. The highest BCUT2D eigenvalue weighted by Crippen LogP contribution is 2.44. The van der Waals surface area contributed by atoms with E-state index in [-0.39, 0.29) is 31.5 Å². The lowest BCUT2D eigenvalue weighted by Gasteiger charge is -2.21. The summed E-state index contributed by atoms with van der Waals surface area (Å²) in [6, 6.07) is 15.4. The van der Waals surface area contributed by atoms with Crippen molar-refractivity contribution in [2.45, 2.75) is 37.9 Å². The molecule has 2 aromatic carbocycles. The van der Waals surface area contributed by atoms with Crippen molar-refractivity contribution < 1.29 is 24.2 Å². The van der Waals surface area contributed by atoms with Gasteiger partial charge in [0.15, 0.2) is 0 Å². The zero-order chi connectivity index (χ0) is 24.4. The smallest absolute Gasteiger partial charge is 0.407 e. The number of carboxylic acids is 1. The highest BCUT2D eigenvalue weighted by molar-refractivity contribution is 5.84. The zero-order valence-electron chi connectivity index (χ0n) is 19.0. The van der Waals surface area contributed by atoms with Crippen molar-refractivity contribution in [1.29, 1.82) is 0 Å². The van der Waals surface area contributed by atoms with Gasteiger partial charge in [-0.3, -0.25) is 4.79 Å². The maximum absolute atomic E-state index is 12.5. The first-order chi connectivity index (χ1) is 17.0. The molecule has 1 fully saturated rings. The lowest BCUT2D eigenvalue weighted by molar-refractivity contribution is -0.148. The van der Waals surface area contributed by atoms with Crippen LogP contribution in [0.1, 0.15) is 35.6 Å². The molecule has 1 aliphatic carbocycles. The summed E-state index contributed by atoms with van der Waals surface area (Å²) in [5.74, 6) is -1.35. The Morgan fingerprint density at radius 2 is 1.74 bits per heavy atom. The van der Waals surface area contributed by atoms with E-state index in [1.165, 1.54) is 9.58 Å². The number of alkyl carbamates (subject to hydrolysis) is 1. The maximum Gasteiger partial charge on any atom is 0.407 e. The third kappa shape index (κ3) is 4.59. The molecular formula is C25H25N5O5. The van der Waals surface area contributed by atoms with E-state index < -0.39 is 18.1 Å². The topological polar surface area (TPSA) is 127 Å². The van der Waals surface area contributed by atoms with Crippen molar-refractivity contribution >= 4 is 18.0 Å². The monoisotopic (exact) mass is 475 g/mol. The van der Waals surface area contributed by atoms with Gasteiger partial charge < -0.3 is 20.1 Å². The van der Waals surface area contributed by atoms with E-state index >= 15 is 0 Å². The zero-order valence-corrected chi connectivity index (χ0v) is 19.0. The average molecular weight is 476 g/mol. The number of rotatable bonds is 7. The number of carboxylic acid groups (broad SMARTS) is 1. The Balaban J connectivity index is 1.13. The quantitative estimate of drug-likeness (QED) is 0.537. The second-order valence-corrected chi connectivity index (χ2v) is 8.67. The number of aliphatic carboxylic acids is 1. The minimum Gasteiger partial charge on any atom is -0.480 e. The van der Waals surface area contributed by atoms with Gasteiger partial charge in [0.25, 0.3) is 0 Å². The van der Waals surface area contributed by atoms with Gasteiger partial charge in [-0.05, 0) is 35.1 Å². The van der Waals surface area contributed by atoms with E-state index in [9.17, 15) is 19.5 Å². The van der Waals surface area contributed by atoms with Gasteiger partial charge in [0.05, 0.1) is 12.7 Å². The number of amides is 2. The van der Waals surface area contributed by atoms with Crippen LogP contribution in [-0.4, -0.2) is 62.2 Å². The van der Waals surface area contributed by atoms with Crippen molar-refractivity contribution in [3.05, 3.63) is 71.5 Å². The molecule has 0 unspecified atom stereocenters. The summed E-state index contributed by atoms with van der Waals surface area (Å²) in [7, 11) is 0. The molecule has 2 amide bonds. The second-order valence-electron chi connectivity index (χ2n) is 8.67. The average Bonchev–Trinajstić information content (AvgIpc) is 3.59. The standard InChI is InChI=1S/C25H25N5O5/c31-23(30-11-5-10-22(30)24(32)33)14-29-13-16(27-28-29)12-26-25(34)35-15-21-19-8-3-1-6-17(19)18-7-2-4-9-20(18)21/h1-4,6-9,13,21-22H,5,10-12,14-15H2,(H,26,34)(H,32,33)/t22-/m1/s1. The first-order valence-corrected chi connectivity index (χ1v) is 11.5. The highest BCUT2D eigenvalue weighted by Gasteiger charge is 2.34. The first-order valence-electron chi connectivity index (χ1n) is 11.5. The SMILES string of the molecule is O=C(NCc1cn(CC(=O)N2CCC[C@@H]2C(=O)O)nn1)OCC1c2ccccc2-c2ccccc21. The number of benzene rings is 2. The molecule has 5 rings (SSSR count). The number of hydrogen-bond acceptors (Lipinski definition) is 6. The number of carbonyl (C=O) groups is 3. The van der Waals surface area contributed by atoms with Crippen LogP contribution >= 0.6 is 0 Å². The molecule has 3 aromatic rings.